The Kier molecular flexibility index (Phi) is 2.19. The summed E-state index contributed by atoms with van der Waals surface area (Å²) in [6, 6.07) is 0. The standard InChI is InChI=1S/C4HB3O12/c8-1-2(9)14-6(13-1)17-5(12)18-7(19-6)15-3(10)4(11)16-7/h12H/q-2. The lowest BCUT2D eigenvalue weighted by Crippen LogP contribution is -2.67. The van der Waals surface area contributed by atoms with Gasteiger partial charge >= 0.3 is 45.1 Å². The highest BCUT2D eigenvalue weighted by atomic mass is 17.0. The molecule has 0 aliphatic carbocycles. The lowest BCUT2D eigenvalue weighted by molar-refractivity contribution is -0.150. The van der Waals surface area contributed by atoms with E-state index < -0.39 is 45.1 Å². The minimum Gasteiger partial charge on any atom is -0.628 e. The number of hydrogen-bond acceptors (Lipinski definition) is 12. The molecule has 15 heteroatoms. The summed E-state index contributed by atoms with van der Waals surface area (Å²) in [5.74, 6) is -5.90. The Morgan fingerprint density at radius 3 is 1.37 bits per heavy atom. The Morgan fingerprint density at radius 2 is 1.05 bits per heavy atom. The first-order chi connectivity index (χ1) is 8.83. The van der Waals surface area contributed by atoms with Crippen LogP contribution in [0.4, 0.5) is 0 Å². The van der Waals surface area contributed by atoms with E-state index in [1.165, 1.54) is 0 Å². The molecule has 3 aliphatic rings. The van der Waals surface area contributed by atoms with Gasteiger partial charge < -0.3 is 37.4 Å². The third-order valence-corrected chi connectivity index (χ3v) is 2.24. The van der Waals surface area contributed by atoms with Gasteiger partial charge in [-0.1, -0.05) is 0 Å². The summed E-state index contributed by atoms with van der Waals surface area (Å²) < 4.78 is 30.9. The first-order valence-corrected chi connectivity index (χ1v) is 4.75. The van der Waals surface area contributed by atoms with Crippen molar-refractivity contribution >= 4 is 45.1 Å². The fourth-order valence-corrected chi connectivity index (χ4v) is 1.57. The van der Waals surface area contributed by atoms with Gasteiger partial charge in [-0.25, -0.2) is 19.2 Å². The van der Waals surface area contributed by atoms with Crippen LogP contribution in [0.5, 0.6) is 0 Å². The molecule has 12 nitrogen and oxygen atoms in total. The number of hydrogen-bond donors (Lipinski definition) is 1. The van der Waals surface area contributed by atoms with Gasteiger partial charge in [0.15, 0.2) is 0 Å². The van der Waals surface area contributed by atoms with Crippen LogP contribution in [0.25, 0.3) is 0 Å². The van der Waals surface area contributed by atoms with Gasteiger partial charge in [-0.3, -0.25) is 0 Å². The maximum Gasteiger partial charge on any atom is 0.609 e. The molecule has 3 saturated heterocycles. The molecule has 0 unspecified atom stereocenters. The highest BCUT2D eigenvalue weighted by molar-refractivity contribution is 6.84. The van der Waals surface area contributed by atoms with Crippen LogP contribution < -0.4 is 0 Å². The van der Waals surface area contributed by atoms with Crippen LogP contribution in [0.2, 0.25) is 0 Å². The van der Waals surface area contributed by atoms with E-state index in [0.29, 0.717) is 0 Å². The predicted octanol–water partition coefficient (Wildman–Crippen LogP) is -3.90. The zero-order valence-corrected chi connectivity index (χ0v) is 8.67. The van der Waals surface area contributed by atoms with Crippen LogP contribution in [0, 0.1) is 0 Å². The summed E-state index contributed by atoms with van der Waals surface area (Å²) in [6.07, 6.45) is 0. The second kappa shape index (κ2) is 3.48. The van der Waals surface area contributed by atoms with E-state index in [4.69, 9.17) is 0 Å². The van der Waals surface area contributed by atoms with Crippen LogP contribution in [-0.2, 0) is 51.5 Å². The number of carbonyl (C=O) groups excluding carboxylic acids is 4. The van der Waals surface area contributed by atoms with Crippen LogP contribution in [0.3, 0.4) is 0 Å². The van der Waals surface area contributed by atoms with Gasteiger partial charge in [-0.2, -0.15) is 0 Å². The molecule has 3 fully saturated rings. The normalized spacial score (nSPS) is 27.3. The van der Waals surface area contributed by atoms with E-state index in [-0.39, 0.29) is 0 Å². The predicted molar refractivity (Wildman–Crippen MR) is 47.1 cm³/mol. The zero-order chi connectivity index (χ0) is 13.8. The first kappa shape index (κ1) is 12.0. The van der Waals surface area contributed by atoms with Crippen molar-refractivity contribution in [1.82, 2.24) is 0 Å². The van der Waals surface area contributed by atoms with E-state index in [0.717, 1.165) is 0 Å². The monoisotopic (exact) mass is 274 g/mol. The van der Waals surface area contributed by atoms with Crippen LogP contribution in [-0.4, -0.2) is 50.1 Å². The summed E-state index contributed by atoms with van der Waals surface area (Å²) in [5.41, 5.74) is 0. The lowest BCUT2D eigenvalue weighted by atomic mass is 9.86. The van der Waals surface area contributed by atoms with E-state index in [1.807, 2.05) is 0 Å². The summed E-state index contributed by atoms with van der Waals surface area (Å²) in [5, 5.41) is 9.25. The smallest absolute Gasteiger partial charge is 0.609 e. The summed E-state index contributed by atoms with van der Waals surface area (Å²) in [7, 11) is -2.20. The molecule has 3 rings (SSSR count). The van der Waals surface area contributed by atoms with Gasteiger partial charge in [0.05, 0.1) is 0 Å². The van der Waals surface area contributed by atoms with Gasteiger partial charge in [-0.15, -0.1) is 0 Å². The molecule has 0 saturated carbocycles. The average molecular weight is 273 g/mol. The van der Waals surface area contributed by atoms with Gasteiger partial charge in [-0.05, 0) is 0 Å². The minimum atomic E-state index is -3.60. The van der Waals surface area contributed by atoms with E-state index in [2.05, 4.69) is 32.3 Å². The van der Waals surface area contributed by atoms with Crippen molar-refractivity contribution < 1.29 is 56.5 Å². The van der Waals surface area contributed by atoms with Crippen molar-refractivity contribution in [2.24, 2.45) is 0 Å². The summed E-state index contributed by atoms with van der Waals surface area (Å²) in [4.78, 5) is 43.7. The van der Waals surface area contributed by atoms with Crippen LogP contribution in [0.1, 0.15) is 0 Å². The molecule has 0 radical (unpaired) electrons. The molecule has 0 amide bonds. The molecule has 0 aromatic carbocycles. The average Bonchev–Trinajstić information content (AvgIpc) is 2.64. The Bertz CT molecular complexity index is 437. The van der Waals surface area contributed by atoms with Gasteiger partial charge in [0.2, 0.25) is 0 Å². The maximum absolute atomic E-state index is 10.9. The molecule has 0 bridgehead atoms. The molecule has 0 aromatic rings. The van der Waals surface area contributed by atoms with Crippen LogP contribution in [0.15, 0.2) is 0 Å². The van der Waals surface area contributed by atoms with E-state index in [1.54, 1.807) is 0 Å². The van der Waals surface area contributed by atoms with E-state index in [9.17, 15) is 24.2 Å². The third kappa shape index (κ3) is 1.75. The molecule has 19 heavy (non-hydrogen) atoms. The van der Waals surface area contributed by atoms with Gasteiger partial charge in [0.1, 0.15) is 0 Å². The quantitative estimate of drug-likeness (QED) is 0.339. The minimum absolute atomic E-state index is 1.48. The molecular weight excluding hydrogens is 272 g/mol. The molecule has 0 aromatic heterocycles. The van der Waals surface area contributed by atoms with Crippen molar-refractivity contribution in [3.63, 3.8) is 0 Å². The number of carbonyl (C=O) groups is 4. The molecule has 3 heterocycles. The van der Waals surface area contributed by atoms with Crippen LogP contribution >= 0.6 is 0 Å². The van der Waals surface area contributed by atoms with Crippen molar-refractivity contribution in [2.45, 2.75) is 0 Å². The largest absolute Gasteiger partial charge is 0.628 e. The third-order valence-electron chi connectivity index (χ3n) is 2.24. The molecule has 100 valence electrons. The summed E-state index contributed by atoms with van der Waals surface area (Å²) >= 11 is 0. The second-order valence-electron chi connectivity index (χ2n) is 3.49. The molecule has 0 atom stereocenters. The van der Waals surface area contributed by atoms with Gasteiger partial charge in [0, 0.05) is 0 Å². The Balaban J connectivity index is 1.90. The highest BCUT2D eigenvalue weighted by Gasteiger charge is 2.62. The summed E-state index contributed by atoms with van der Waals surface area (Å²) in [6.45, 7) is -7.21. The molecule has 1 N–H and O–H groups in total. The highest BCUT2D eigenvalue weighted by Crippen LogP contribution is 2.33. The molecule has 2 spiro atoms. The van der Waals surface area contributed by atoms with E-state index >= 15 is 0 Å². The fraction of sp³-hybridized carbons (Fsp3) is 0. The SMILES string of the molecule is O=C1O[B-]2(OB(O)O[B-]3(OC(=O)C(=O)O3)O2)OC1=O. The van der Waals surface area contributed by atoms with Crippen molar-refractivity contribution in [2.75, 3.05) is 0 Å². The molecule has 3 aliphatic heterocycles. The topological polar surface area (TPSA) is 153 Å². The zero-order valence-electron chi connectivity index (χ0n) is 8.67. The van der Waals surface area contributed by atoms with Gasteiger partial charge in [0.25, 0.3) is 0 Å². The van der Waals surface area contributed by atoms with Crippen molar-refractivity contribution in [3.05, 3.63) is 0 Å². The van der Waals surface area contributed by atoms with Crippen molar-refractivity contribution in [3.8, 4) is 0 Å². The maximum atomic E-state index is 10.9. The first-order valence-electron chi connectivity index (χ1n) is 4.75. The fourth-order valence-electron chi connectivity index (χ4n) is 1.57. The second-order valence-corrected chi connectivity index (χ2v) is 3.49. The Morgan fingerprint density at radius 1 is 0.737 bits per heavy atom. The Hall–Kier alpha value is -2.09. The molecular formula is C4HB3O12-2. The Labute approximate surface area is 103 Å². The number of rotatable bonds is 0. The lowest BCUT2D eigenvalue weighted by Gasteiger charge is -2.50. The van der Waals surface area contributed by atoms with Crippen molar-refractivity contribution in [1.29, 1.82) is 0 Å².